The number of hydrogen-bond donors (Lipinski definition) is 4. The fourth-order valence-electron chi connectivity index (χ4n) is 5.09. The molecule has 9 heteroatoms. The molecule has 0 aromatic heterocycles. The normalized spacial score (nSPS) is 28.2. The molecule has 168 valence electrons. The van der Waals surface area contributed by atoms with E-state index in [9.17, 15) is 9.59 Å². The van der Waals surface area contributed by atoms with E-state index >= 15 is 0 Å². The van der Waals surface area contributed by atoms with Gasteiger partial charge in [0.05, 0.1) is 5.92 Å². The Morgan fingerprint density at radius 3 is 2.07 bits per heavy atom. The lowest BCUT2D eigenvalue weighted by Crippen LogP contribution is -2.44. The largest absolute Gasteiger partial charge is 0.335 e. The average Bonchev–Trinajstić information content (AvgIpc) is 3.26. The van der Waals surface area contributed by atoms with Gasteiger partial charge in [-0.1, -0.05) is 0 Å². The molecular formula is C21H33Cl2N5O2. The highest BCUT2D eigenvalue weighted by atomic mass is 35.5. The van der Waals surface area contributed by atoms with Gasteiger partial charge >= 0.3 is 6.03 Å². The van der Waals surface area contributed by atoms with Crippen molar-refractivity contribution in [3.63, 3.8) is 0 Å². The second-order valence-corrected chi connectivity index (χ2v) is 8.68. The molecule has 3 aliphatic rings. The molecule has 1 aliphatic heterocycles. The van der Waals surface area contributed by atoms with Gasteiger partial charge < -0.3 is 26.6 Å². The predicted molar refractivity (Wildman–Crippen MR) is 125 cm³/mol. The molecule has 2 saturated carbocycles. The van der Waals surface area contributed by atoms with E-state index in [1.807, 2.05) is 24.3 Å². The van der Waals surface area contributed by atoms with Crippen molar-refractivity contribution in [3.8, 4) is 0 Å². The van der Waals surface area contributed by atoms with E-state index in [0.29, 0.717) is 17.5 Å². The second-order valence-electron chi connectivity index (χ2n) is 8.68. The molecule has 4 atom stereocenters. The van der Waals surface area contributed by atoms with Crippen LogP contribution in [0.15, 0.2) is 24.3 Å². The molecule has 7 nitrogen and oxygen atoms in total. The summed E-state index contributed by atoms with van der Waals surface area (Å²) in [4.78, 5) is 27.1. The molecule has 3 fully saturated rings. The number of fused-ring (bicyclic) bond motifs is 2. The number of nitrogens with two attached hydrogens (primary N) is 1. The molecule has 5 N–H and O–H groups in total. The van der Waals surface area contributed by atoms with Gasteiger partial charge in [0.15, 0.2) is 0 Å². The molecule has 1 aromatic carbocycles. The molecule has 4 rings (SSSR count). The summed E-state index contributed by atoms with van der Waals surface area (Å²) in [7, 11) is 2.10. The predicted octanol–water partition coefficient (Wildman–Crippen LogP) is 3.06. The minimum atomic E-state index is -0.181. The van der Waals surface area contributed by atoms with E-state index in [1.54, 1.807) is 0 Å². The SMILES string of the molecule is CN1CCC(NC(=O)Nc2ccc(NC(=O)C3C4CCC(C4)C3N)cc2)CC1.Cl.Cl. The van der Waals surface area contributed by atoms with Crippen molar-refractivity contribution in [1.29, 1.82) is 0 Å². The van der Waals surface area contributed by atoms with Gasteiger partial charge in [0.2, 0.25) is 5.91 Å². The summed E-state index contributed by atoms with van der Waals surface area (Å²) in [5, 5.41) is 8.90. The lowest BCUT2D eigenvalue weighted by Gasteiger charge is -2.29. The average molecular weight is 458 g/mol. The highest BCUT2D eigenvalue weighted by Crippen LogP contribution is 2.47. The molecule has 0 spiro atoms. The van der Waals surface area contributed by atoms with Crippen molar-refractivity contribution in [1.82, 2.24) is 10.2 Å². The Morgan fingerprint density at radius 1 is 0.933 bits per heavy atom. The molecule has 1 saturated heterocycles. The number of rotatable bonds is 4. The van der Waals surface area contributed by atoms with E-state index < -0.39 is 0 Å². The van der Waals surface area contributed by atoms with Crippen LogP contribution in [-0.2, 0) is 4.79 Å². The Kier molecular flexibility index (Phi) is 8.79. The zero-order chi connectivity index (χ0) is 19.7. The number of hydrogen-bond acceptors (Lipinski definition) is 4. The van der Waals surface area contributed by atoms with E-state index in [1.165, 1.54) is 0 Å². The fraction of sp³-hybridized carbons (Fsp3) is 0.619. The van der Waals surface area contributed by atoms with Gasteiger partial charge in [-0.25, -0.2) is 4.79 Å². The molecule has 1 heterocycles. The van der Waals surface area contributed by atoms with E-state index in [2.05, 4.69) is 27.9 Å². The minimum absolute atomic E-state index is 0. The van der Waals surface area contributed by atoms with Crippen molar-refractivity contribution in [2.75, 3.05) is 30.8 Å². The zero-order valence-electron chi connectivity index (χ0n) is 17.3. The third-order valence-corrected chi connectivity index (χ3v) is 6.75. The van der Waals surface area contributed by atoms with Crippen LogP contribution in [0.4, 0.5) is 16.2 Å². The maximum absolute atomic E-state index is 12.6. The monoisotopic (exact) mass is 457 g/mol. The molecule has 1 aromatic rings. The van der Waals surface area contributed by atoms with Gasteiger partial charge in [0, 0.05) is 23.5 Å². The van der Waals surface area contributed by atoms with Crippen molar-refractivity contribution < 1.29 is 9.59 Å². The number of amides is 3. The van der Waals surface area contributed by atoms with Crippen LogP contribution in [0.2, 0.25) is 0 Å². The summed E-state index contributed by atoms with van der Waals surface area (Å²) < 4.78 is 0. The topological polar surface area (TPSA) is 99.5 Å². The van der Waals surface area contributed by atoms with Gasteiger partial charge in [-0.05, 0) is 88.3 Å². The quantitative estimate of drug-likeness (QED) is 0.557. The number of likely N-dealkylation sites (tertiary alicyclic amines) is 1. The van der Waals surface area contributed by atoms with E-state index in [4.69, 9.17) is 5.73 Å². The minimum Gasteiger partial charge on any atom is -0.335 e. The summed E-state index contributed by atoms with van der Waals surface area (Å²) >= 11 is 0. The Morgan fingerprint density at radius 2 is 1.50 bits per heavy atom. The van der Waals surface area contributed by atoms with Crippen LogP contribution in [0, 0.1) is 17.8 Å². The summed E-state index contributed by atoms with van der Waals surface area (Å²) in [5.74, 6) is 0.900. The number of carbonyl (C=O) groups excluding carboxylic acids is 2. The van der Waals surface area contributed by atoms with Crippen LogP contribution < -0.4 is 21.7 Å². The lowest BCUT2D eigenvalue weighted by atomic mass is 9.84. The van der Waals surface area contributed by atoms with Crippen molar-refractivity contribution >= 4 is 48.1 Å². The number of halogens is 2. The van der Waals surface area contributed by atoms with Gasteiger partial charge in [-0.3, -0.25) is 4.79 Å². The van der Waals surface area contributed by atoms with Crippen molar-refractivity contribution in [3.05, 3.63) is 24.3 Å². The van der Waals surface area contributed by atoms with E-state index in [0.717, 1.165) is 50.9 Å². The number of piperidine rings is 1. The van der Waals surface area contributed by atoms with Crippen molar-refractivity contribution in [2.24, 2.45) is 23.5 Å². The number of urea groups is 1. The standard InChI is InChI=1S/C21H31N5O2.2ClH/c1-26-10-8-17(9-11-26)25-21(28)24-16-6-4-15(5-7-16)23-20(27)18-13-2-3-14(12-13)19(18)22;;/h4-7,13-14,17-19H,2-3,8-12,22H2,1H3,(H,23,27)(H2,24,25,28);2*1H. The Labute approximate surface area is 190 Å². The number of anilines is 2. The zero-order valence-corrected chi connectivity index (χ0v) is 18.9. The maximum Gasteiger partial charge on any atom is 0.319 e. The van der Waals surface area contributed by atoms with Crippen LogP contribution in [0.1, 0.15) is 32.1 Å². The lowest BCUT2D eigenvalue weighted by molar-refractivity contribution is -0.121. The first-order valence-electron chi connectivity index (χ1n) is 10.4. The molecule has 2 bridgehead atoms. The highest BCUT2D eigenvalue weighted by molar-refractivity contribution is 5.94. The third kappa shape index (κ3) is 5.58. The second kappa shape index (κ2) is 10.7. The third-order valence-electron chi connectivity index (χ3n) is 6.75. The first-order valence-corrected chi connectivity index (χ1v) is 10.4. The Balaban J connectivity index is 0.00000160. The van der Waals surface area contributed by atoms with Gasteiger partial charge in [-0.15, -0.1) is 24.8 Å². The van der Waals surface area contributed by atoms with Crippen LogP contribution in [-0.4, -0.2) is 49.1 Å². The molecular weight excluding hydrogens is 425 g/mol. The fourth-order valence-corrected chi connectivity index (χ4v) is 5.09. The summed E-state index contributed by atoms with van der Waals surface area (Å²) in [6.07, 6.45) is 5.32. The van der Waals surface area contributed by atoms with Gasteiger partial charge in [0.1, 0.15) is 0 Å². The molecule has 30 heavy (non-hydrogen) atoms. The van der Waals surface area contributed by atoms with Crippen LogP contribution in [0.5, 0.6) is 0 Å². The first kappa shape index (κ1) is 24.7. The van der Waals surface area contributed by atoms with Crippen LogP contribution >= 0.6 is 24.8 Å². The Bertz CT molecular complexity index is 723. The van der Waals surface area contributed by atoms with Crippen LogP contribution in [0.3, 0.4) is 0 Å². The number of carbonyl (C=O) groups is 2. The van der Waals surface area contributed by atoms with Crippen LogP contribution in [0.25, 0.3) is 0 Å². The number of nitrogens with zero attached hydrogens (tertiary/aromatic N) is 1. The Hall–Kier alpha value is -1.54. The van der Waals surface area contributed by atoms with Gasteiger partial charge in [0.25, 0.3) is 0 Å². The summed E-state index contributed by atoms with van der Waals surface area (Å²) in [6, 6.07) is 7.29. The smallest absolute Gasteiger partial charge is 0.319 e. The molecule has 2 aliphatic carbocycles. The molecule has 4 unspecified atom stereocenters. The van der Waals surface area contributed by atoms with Gasteiger partial charge in [-0.2, -0.15) is 0 Å². The maximum atomic E-state index is 12.6. The first-order chi connectivity index (χ1) is 13.5. The summed E-state index contributed by atoms with van der Waals surface area (Å²) in [6.45, 7) is 2.01. The summed E-state index contributed by atoms with van der Waals surface area (Å²) in [5.41, 5.74) is 7.71. The number of nitrogens with one attached hydrogen (secondary N) is 3. The van der Waals surface area contributed by atoms with Crippen molar-refractivity contribution in [2.45, 2.75) is 44.2 Å². The highest BCUT2D eigenvalue weighted by Gasteiger charge is 2.49. The number of benzene rings is 1. The molecule has 3 amide bonds. The molecule has 0 radical (unpaired) electrons. The van der Waals surface area contributed by atoms with E-state index in [-0.39, 0.29) is 54.8 Å².